The largest absolute Gasteiger partial charge is 0.462 e. The van der Waals surface area contributed by atoms with Gasteiger partial charge < -0.3 is 9.47 Å². The van der Waals surface area contributed by atoms with Gasteiger partial charge in [0.05, 0.1) is 24.3 Å². The molecule has 0 fully saturated rings. The van der Waals surface area contributed by atoms with Crippen molar-refractivity contribution in [1.82, 2.24) is 0 Å². The zero-order chi connectivity index (χ0) is 30.9. The minimum atomic E-state index is -4.77. The zero-order valence-corrected chi connectivity index (χ0v) is 26.8. The van der Waals surface area contributed by atoms with Crippen LogP contribution < -0.4 is 0 Å². The maximum atomic E-state index is 12.9. The second-order valence-electron chi connectivity index (χ2n) is 10.8. The van der Waals surface area contributed by atoms with Crippen LogP contribution >= 0.6 is 0 Å². The van der Waals surface area contributed by atoms with E-state index in [1.807, 2.05) is 0 Å². The number of ether oxygens (including phenoxy) is 2. The summed E-state index contributed by atoms with van der Waals surface area (Å²) < 4.78 is 44.2. The van der Waals surface area contributed by atoms with Gasteiger partial charge in [0.1, 0.15) is 4.90 Å². The normalized spacial score (nSPS) is 11.9. The third kappa shape index (κ3) is 17.5. The van der Waals surface area contributed by atoms with E-state index in [0.29, 0.717) is 19.3 Å². The molecule has 8 heteroatoms. The highest BCUT2D eigenvalue weighted by molar-refractivity contribution is 7.86. The van der Waals surface area contributed by atoms with Crippen molar-refractivity contribution in [2.45, 2.75) is 134 Å². The molecule has 0 aliphatic carbocycles. The van der Waals surface area contributed by atoms with Gasteiger partial charge in [-0.1, -0.05) is 108 Å². The molecule has 0 bridgehead atoms. The first-order chi connectivity index (χ1) is 20.3. The number of rotatable bonds is 25. The van der Waals surface area contributed by atoms with Gasteiger partial charge in [-0.15, -0.1) is 0 Å². The Morgan fingerprint density at radius 3 is 1.55 bits per heavy atom. The van der Waals surface area contributed by atoms with Crippen molar-refractivity contribution >= 4 is 22.1 Å². The standard InChI is InChI=1S/C34H54O7S/c1-3-5-7-9-11-13-15-17-19-21-23-28-40-33(35)30-26-25-27-31(42(37,38)39)32(30)34(36)41-29-24-22-20-18-16-14-12-10-8-6-4-2/h17-20,25-27H,3-16,21-24,28-29H2,1-2H3,(H,37,38,39)/b19-17+,20-18+. The summed E-state index contributed by atoms with van der Waals surface area (Å²) in [5.74, 6) is -1.81. The van der Waals surface area contributed by atoms with Gasteiger partial charge in [0.15, 0.2) is 0 Å². The Kier molecular flexibility index (Phi) is 21.5. The van der Waals surface area contributed by atoms with Crippen molar-refractivity contribution in [3.05, 3.63) is 53.6 Å². The van der Waals surface area contributed by atoms with E-state index in [0.717, 1.165) is 31.7 Å². The Morgan fingerprint density at radius 2 is 1.07 bits per heavy atom. The lowest BCUT2D eigenvalue weighted by Gasteiger charge is -2.12. The summed E-state index contributed by atoms with van der Waals surface area (Å²) in [5.41, 5.74) is -0.741. The molecule has 0 aliphatic rings. The third-order valence-electron chi connectivity index (χ3n) is 7.01. The van der Waals surface area contributed by atoms with Crippen molar-refractivity contribution in [3.63, 3.8) is 0 Å². The molecule has 0 aromatic heterocycles. The smallest absolute Gasteiger partial charge is 0.340 e. The summed E-state index contributed by atoms with van der Waals surface area (Å²) in [7, 11) is -4.77. The van der Waals surface area contributed by atoms with Crippen molar-refractivity contribution in [1.29, 1.82) is 0 Å². The maximum Gasteiger partial charge on any atom is 0.340 e. The van der Waals surface area contributed by atoms with Crippen molar-refractivity contribution in [2.24, 2.45) is 0 Å². The van der Waals surface area contributed by atoms with Crippen LogP contribution in [-0.4, -0.2) is 38.1 Å². The molecule has 7 nitrogen and oxygen atoms in total. The van der Waals surface area contributed by atoms with Gasteiger partial charge in [0, 0.05) is 0 Å². The Balaban J connectivity index is 2.51. The number of allylic oxidation sites excluding steroid dienone is 4. The van der Waals surface area contributed by atoms with Gasteiger partial charge in [-0.25, -0.2) is 9.59 Å². The summed E-state index contributed by atoms with van der Waals surface area (Å²) >= 11 is 0. The SMILES string of the molecule is CCCCCCCC/C=C/CCCOC(=O)c1cccc(S(=O)(=O)O)c1C(=O)OCCC/C=C/CCCCCCCC. The summed E-state index contributed by atoms with van der Waals surface area (Å²) in [6.45, 7) is 4.59. The van der Waals surface area contributed by atoms with Crippen LogP contribution in [0.15, 0.2) is 47.4 Å². The van der Waals surface area contributed by atoms with E-state index < -0.39 is 32.5 Å². The van der Waals surface area contributed by atoms with Crippen LogP contribution in [0.25, 0.3) is 0 Å². The first kappa shape index (κ1) is 37.6. The molecule has 1 rings (SSSR count). The summed E-state index contributed by atoms with van der Waals surface area (Å²) in [5, 5.41) is 0. The number of esters is 2. The van der Waals surface area contributed by atoms with Crippen LogP contribution in [0.2, 0.25) is 0 Å². The number of carbonyl (C=O) groups is 2. The van der Waals surface area contributed by atoms with Gasteiger partial charge in [0.2, 0.25) is 0 Å². The Bertz CT molecular complexity index is 1040. The van der Waals surface area contributed by atoms with Gasteiger partial charge in [0.25, 0.3) is 10.1 Å². The minimum absolute atomic E-state index is 0.0551. The monoisotopic (exact) mass is 606 g/mol. The van der Waals surface area contributed by atoms with Crippen LogP contribution in [-0.2, 0) is 19.6 Å². The van der Waals surface area contributed by atoms with Crippen LogP contribution in [0.1, 0.15) is 150 Å². The zero-order valence-electron chi connectivity index (χ0n) is 26.0. The van der Waals surface area contributed by atoms with Gasteiger partial charge in [-0.2, -0.15) is 8.42 Å². The first-order valence-corrected chi connectivity index (χ1v) is 17.5. The number of hydrogen-bond acceptors (Lipinski definition) is 6. The van der Waals surface area contributed by atoms with E-state index in [9.17, 15) is 22.6 Å². The average Bonchev–Trinajstić information content (AvgIpc) is 2.97. The second kappa shape index (κ2) is 24.0. The predicted molar refractivity (Wildman–Crippen MR) is 170 cm³/mol. The number of carbonyl (C=O) groups excluding carboxylic acids is 2. The highest BCUT2D eigenvalue weighted by atomic mass is 32.2. The fourth-order valence-electron chi connectivity index (χ4n) is 4.57. The highest BCUT2D eigenvalue weighted by Gasteiger charge is 2.28. The molecule has 1 aromatic rings. The lowest BCUT2D eigenvalue weighted by molar-refractivity contribution is 0.0450. The molecule has 0 amide bonds. The lowest BCUT2D eigenvalue weighted by Crippen LogP contribution is -2.19. The molecule has 0 atom stereocenters. The van der Waals surface area contributed by atoms with Crippen LogP contribution in [0, 0.1) is 0 Å². The van der Waals surface area contributed by atoms with Crippen LogP contribution in [0.4, 0.5) is 0 Å². The Hall–Kier alpha value is -2.45. The molecule has 42 heavy (non-hydrogen) atoms. The van der Waals surface area contributed by atoms with Gasteiger partial charge in [-0.3, -0.25) is 4.55 Å². The van der Waals surface area contributed by atoms with E-state index in [1.54, 1.807) is 0 Å². The maximum absolute atomic E-state index is 12.9. The van der Waals surface area contributed by atoms with Crippen molar-refractivity contribution in [3.8, 4) is 0 Å². The van der Waals surface area contributed by atoms with E-state index in [-0.39, 0.29) is 18.8 Å². The van der Waals surface area contributed by atoms with E-state index >= 15 is 0 Å². The first-order valence-electron chi connectivity index (χ1n) is 16.1. The molecule has 238 valence electrons. The fourth-order valence-corrected chi connectivity index (χ4v) is 5.27. The molecule has 0 saturated carbocycles. The molecular weight excluding hydrogens is 552 g/mol. The van der Waals surface area contributed by atoms with Crippen LogP contribution in [0.5, 0.6) is 0 Å². The van der Waals surface area contributed by atoms with E-state index in [4.69, 9.17) is 9.47 Å². The number of unbranched alkanes of at least 4 members (excludes halogenated alkanes) is 14. The average molecular weight is 607 g/mol. The predicted octanol–water partition coefficient (Wildman–Crippen LogP) is 9.42. The van der Waals surface area contributed by atoms with Crippen molar-refractivity contribution < 1.29 is 32.0 Å². The molecule has 0 radical (unpaired) electrons. The Labute approximate surface area is 254 Å². The van der Waals surface area contributed by atoms with Crippen LogP contribution in [0.3, 0.4) is 0 Å². The molecule has 0 saturated heterocycles. The molecular formula is C34H54O7S. The minimum Gasteiger partial charge on any atom is -0.462 e. The lowest BCUT2D eigenvalue weighted by atomic mass is 10.1. The highest BCUT2D eigenvalue weighted by Crippen LogP contribution is 2.22. The van der Waals surface area contributed by atoms with Gasteiger partial charge >= 0.3 is 11.9 Å². The Morgan fingerprint density at radius 1 is 0.643 bits per heavy atom. The molecule has 0 spiro atoms. The summed E-state index contributed by atoms with van der Waals surface area (Å²) in [6, 6.07) is 3.66. The van der Waals surface area contributed by atoms with E-state index in [2.05, 4.69) is 38.2 Å². The molecule has 0 aliphatic heterocycles. The number of benzene rings is 1. The third-order valence-corrected chi connectivity index (χ3v) is 7.90. The van der Waals surface area contributed by atoms with E-state index in [1.165, 1.54) is 82.8 Å². The van der Waals surface area contributed by atoms with Crippen molar-refractivity contribution in [2.75, 3.05) is 13.2 Å². The fraction of sp³-hybridized carbons (Fsp3) is 0.647. The molecule has 1 aromatic carbocycles. The number of hydrogen-bond donors (Lipinski definition) is 1. The molecule has 1 N–H and O–H groups in total. The topological polar surface area (TPSA) is 107 Å². The quantitative estimate of drug-likeness (QED) is 0.0511. The van der Waals surface area contributed by atoms with Gasteiger partial charge in [-0.05, 0) is 63.5 Å². The second-order valence-corrected chi connectivity index (χ2v) is 12.2. The summed E-state index contributed by atoms with van der Waals surface area (Å²) in [4.78, 5) is 25.0. The molecule has 0 unspecified atom stereocenters. The summed E-state index contributed by atoms with van der Waals surface area (Å²) in [6.07, 6.45) is 28.1. The molecule has 0 heterocycles.